The molecular formula is C10H8Cl. The van der Waals surface area contributed by atoms with Crippen LogP contribution in [-0.4, -0.2) is 0 Å². The van der Waals surface area contributed by atoms with Crippen LogP contribution in [0.15, 0.2) is 18.2 Å². The van der Waals surface area contributed by atoms with Gasteiger partial charge in [0.2, 0.25) is 0 Å². The second-order valence-electron chi connectivity index (χ2n) is 2.34. The van der Waals surface area contributed by atoms with Crippen molar-refractivity contribution in [3.8, 4) is 12.3 Å². The Kier molecular flexibility index (Phi) is 2.57. The molecule has 1 atom stereocenters. The third-order valence-electron chi connectivity index (χ3n) is 1.56. The highest BCUT2D eigenvalue weighted by atomic mass is 35.5. The van der Waals surface area contributed by atoms with Gasteiger partial charge < -0.3 is 0 Å². The Morgan fingerprint density at radius 2 is 2.45 bits per heavy atom. The van der Waals surface area contributed by atoms with Crippen molar-refractivity contribution < 1.29 is 0 Å². The molecule has 0 spiro atoms. The van der Waals surface area contributed by atoms with Crippen molar-refractivity contribution in [2.45, 2.75) is 12.8 Å². The van der Waals surface area contributed by atoms with Gasteiger partial charge in [0, 0.05) is 10.9 Å². The van der Waals surface area contributed by atoms with Gasteiger partial charge in [-0.05, 0) is 24.6 Å². The maximum absolute atomic E-state index is 5.87. The lowest BCUT2D eigenvalue weighted by atomic mass is 10.0. The zero-order chi connectivity index (χ0) is 8.27. The molecule has 55 valence electrons. The lowest BCUT2D eigenvalue weighted by Crippen LogP contribution is -1.89. The molecule has 0 saturated carbocycles. The summed E-state index contributed by atoms with van der Waals surface area (Å²) >= 11 is 5.87. The first-order chi connectivity index (χ1) is 5.25. The number of terminal acetylenes is 1. The largest absolute Gasteiger partial charge is 0.119 e. The van der Waals surface area contributed by atoms with Crippen molar-refractivity contribution in [1.29, 1.82) is 0 Å². The summed E-state index contributed by atoms with van der Waals surface area (Å²) in [4.78, 5) is 0. The van der Waals surface area contributed by atoms with E-state index in [-0.39, 0.29) is 5.92 Å². The van der Waals surface area contributed by atoms with Crippen molar-refractivity contribution in [3.05, 3.63) is 34.9 Å². The van der Waals surface area contributed by atoms with Crippen LogP contribution in [0.4, 0.5) is 0 Å². The van der Waals surface area contributed by atoms with Gasteiger partial charge in [0.05, 0.1) is 0 Å². The molecule has 0 aliphatic heterocycles. The fourth-order valence-electron chi connectivity index (χ4n) is 0.863. The normalized spacial score (nSPS) is 12.1. The van der Waals surface area contributed by atoms with E-state index in [1.165, 1.54) is 0 Å². The smallest absolute Gasteiger partial charge is 0.0456 e. The summed E-state index contributed by atoms with van der Waals surface area (Å²) in [6.07, 6.45) is 5.25. The van der Waals surface area contributed by atoms with Crippen LogP contribution in [0.25, 0.3) is 0 Å². The van der Waals surface area contributed by atoms with E-state index in [4.69, 9.17) is 18.0 Å². The van der Waals surface area contributed by atoms with E-state index in [1.807, 2.05) is 19.1 Å². The molecule has 0 aliphatic rings. The fraction of sp³-hybridized carbons (Fsp3) is 0.200. The van der Waals surface area contributed by atoms with E-state index >= 15 is 0 Å². The average Bonchev–Trinajstić information content (AvgIpc) is 2.04. The summed E-state index contributed by atoms with van der Waals surface area (Å²) in [5.41, 5.74) is 0.993. The molecule has 1 unspecified atom stereocenters. The summed E-state index contributed by atoms with van der Waals surface area (Å²) in [7, 11) is 0. The van der Waals surface area contributed by atoms with Crippen LogP contribution in [0, 0.1) is 18.4 Å². The van der Waals surface area contributed by atoms with Crippen molar-refractivity contribution in [3.63, 3.8) is 0 Å². The number of halogens is 1. The first-order valence-corrected chi connectivity index (χ1v) is 3.75. The summed E-state index contributed by atoms with van der Waals surface area (Å²) in [6, 6.07) is 8.32. The maximum Gasteiger partial charge on any atom is 0.0456 e. The zero-order valence-corrected chi connectivity index (χ0v) is 7.02. The Hall–Kier alpha value is -0.930. The van der Waals surface area contributed by atoms with Crippen LogP contribution in [0.1, 0.15) is 18.4 Å². The van der Waals surface area contributed by atoms with Crippen molar-refractivity contribution in [1.82, 2.24) is 0 Å². The highest BCUT2D eigenvalue weighted by Crippen LogP contribution is 2.22. The van der Waals surface area contributed by atoms with Crippen molar-refractivity contribution in [2.24, 2.45) is 0 Å². The predicted molar refractivity (Wildman–Crippen MR) is 47.5 cm³/mol. The van der Waals surface area contributed by atoms with Crippen LogP contribution in [0.5, 0.6) is 0 Å². The molecular weight excluding hydrogens is 156 g/mol. The number of hydrogen-bond donors (Lipinski definition) is 0. The summed E-state index contributed by atoms with van der Waals surface area (Å²) in [5.74, 6) is 2.70. The molecule has 1 rings (SSSR count). The first kappa shape index (κ1) is 8.17. The van der Waals surface area contributed by atoms with Gasteiger partial charge in [-0.15, -0.1) is 6.42 Å². The lowest BCUT2D eigenvalue weighted by molar-refractivity contribution is 1.01. The van der Waals surface area contributed by atoms with Crippen LogP contribution < -0.4 is 0 Å². The van der Waals surface area contributed by atoms with Gasteiger partial charge in [-0.2, -0.15) is 0 Å². The lowest BCUT2D eigenvalue weighted by Gasteiger charge is -2.04. The zero-order valence-electron chi connectivity index (χ0n) is 6.26. The van der Waals surface area contributed by atoms with Crippen LogP contribution >= 0.6 is 11.6 Å². The SMILES string of the molecule is C#CC(C)c1cc[c]cc1Cl. The molecule has 1 radical (unpaired) electrons. The molecule has 0 N–H and O–H groups in total. The molecule has 0 aromatic heterocycles. The number of hydrogen-bond acceptors (Lipinski definition) is 0. The number of rotatable bonds is 1. The van der Waals surface area contributed by atoms with Gasteiger partial charge in [0.1, 0.15) is 0 Å². The molecule has 0 fully saturated rings. The predicted octanol–water partition coefficient (Wildman–Crippen LogP) is 2.88. The topological polar surface area (TPSA) is 0 Å². The van der Waals surface area contributed by atoms with Gasteiger partial charge in [0.25, 0.3) is 0 Å². The van der Waals surface area contributed by atoms with Gasteiger partial charge >= 0.3 is 0 Å². The molecule has 0 amide bonds. The van der Waals surface area contributed by atoms with Gasteiger partial charge in [-0.3, -0.25) is 0 Å². The molecule has 0 nitrogen and oxygen atoms in total. The Bertz CT molecular complexity index is 283. The van der Waals surface area contributed by atoms with E-state index in [0.717, 1.165) is 5.56 Å². The van der Waals surface area contributed by atoms with Gasteiger partial charge in [-0.25, -0.2) is 0 Å². The summed E-state index contributed by atoms with van der Waals surface area (Å²) in [6.45, 7) is 1.95. The molecule has 1 aromatic rings. The second kappa shape index (κ2) is 3.46. The maximum atomic E-state index is 5.87. The van der Waals surface area contributed by atoms with E-state index in [1.54, 1.807) is 6.07 Å². The standard InChI is InChI=1S/C10H8Cl/c1-3-8(2)9-6-4-5-7-10(9)11/h1,4,6-8H,2H3. The van der Waals surface area contributed by atoms with E-state index in [9.17, 15) is 0 Å². The first-order valence-electron chi connectivity index (χ1n) is 3.37. The molecule has 11 heavy (non-hydrogen) atoms. The minimum atomic E-state index is 0.0806. The van der Waals surface area contributed by atoms with E-state index < -0.39 is 0 Å². The third kappa shape index (κ3) is 1.76. The van der Waals surface area contributed by atoms with E-state index in [2.05, 4.69) is 12.0 Å². The average molecular weight is 164 g/mol. The Morgan fingerprint density at radius 3 is 3.00 bits per heavy atom. The highest BCUT2D eigenvalue weighted by Gasteiger charge is 2.04. The summed E-state index contributed by atoms with van der Waals surface area (Å²) in [5, 5.41) is 0.693. The highest BCUT2D eigenvalue weighted by molar-refractivity contribution is 6.31. The van der Waals surface area contributed by atoms with Gasteiger partial charge in [-0.1, -0.05) is 29.7 Å². The van der Waals surface area contributed by atoms with Crippen molar-refractivity contribution >= 4 is 11.6 Å². The second-order valence-corrected chi connectivity index (χ2v) is 2.74. The monoisotopic (exact) mass is 163 g/mol. The molecule has 0 saturated heterocycles. The Morgan fingerprint density at radius 1 is 1.73 bits per heavy atom. The molecule has 0 aliphatic carbocycles. The number of benzene rings is 1. The fourth-order valence-corrected chi connectivity index (χ4v) is 1.15. The Labute approximate surface area is 72.2 Å². The molecule has 0 heterocycles. The molecule has 0 bridgehead atoms. The molecule has 1 heteroatoms. The van der Waals surface area contributed by atoms with Crippen LogP contribution in [0.3, 0.4) is 0 Å². The quantitative estimate of drug-likeness (QED) is 0.559. The minimum Gasteiger partial charge on any atom is -0.119 e. The van der Waals surface area contributed by atoms with Gasteiger partial charge in [0.15, 0.2) is 0 Å². The van der Waals surface area contributed by atoms with Crippen LogP contribution in [-0.2, 0) is 0 Å². The molecule has 1 aromatic carbocycles. The van der Waals surface area contributed by atoms with Crippen molar-refractivity contribution in [2.75, 3.05) is 0 Å². The third-order valence-corrected chi connectivity index (χ3v) is 1.89. The van der Waals surface area contributed by atoms with Crippen LogP contribution in [0.2, 0.25) is 5.02 Å². The van der Waals surface area contributed by atoms with E-state index in [0.29, 0.717) is 5.02 Å². The Balaban J connectivity index is 3.05. The minimum absolute atomic E-state index is 0.0806. The summed E-state index contributed by atoms with van der Waals surface area (Å²) < 4.78 is 0.